The van der Waals surface area contributed by atoms with E-state index in [1.165, 1.54) is 5.57 Å². The van der Waals surface area contributed by atoms with Crippen LogP contribution in [0.5, 0.6) is 0 Å². The van der Waals surface area contributed by atoms with E-state index in [0.29, 0.717) is 24.4 Å². The van der Waals surface area contributed by atoms with Crippen molar-refractivity contribution in [2.75, 3.05) is 6.61 Å². The predicted octanol–water partition coefficient (Wildman–Crippen LogP) is 5.14. The largest absolute Gasteiger partial charge is 0.498 e. The molecule has 1 aliphatic heterocycles. The average Bonchev–Trinajstić information content (AvgIpc) is 3.14. The highest BCUT2D eigenvalue weighted by Crippen LogP contribution is 2.70. The maximum atomic E-state index is 13.2. The van der Waals surface area contributed by atoms with Gasteiger partial charge in [-0.05, 0) is 100 Å². The zero-order valence-corrected chi connectivity index (χ0v) is 20.5. The zero-order valence-electron chi connectivity index (χ0n) is 20.5. The lowest BCUT2D eigenvalue weighted by atomic mass is 9.46. The molecular weight excluding hydrogens is 404 g/mol. The molecule has 1 heterocycles. The van der Waals surface area contributed by atoms with Gasteiger partial charge in [0.15, 0.2) is 17.2 Å². The van der Waals surface area contributed by atoms with E-state index in [9.17, 15) is 9.59 Å². The summed E-state index contributed by atoms with van der Waals surface area (Å²) >= 11 is 0. The second-order valence-electron chi connectivity index (χ2n) is 11.7. The van der Waals surface area contributed by atoms with Crippen LogP contribution in [-0.2, 0) is 23.8 Å². The highest BCUT2D eigenvalue weighted by atomic mass is 16.8. The molecule has 176 valence electrons. The molecule has 7 atom stereocenters. The minimum Gasteiger partial charge on any atom is -0.498 e. The quantitative estimate of drug-likeness (QED) is 0.564. The maximum Gasteiger partial charge on any atom is 0.164 e. The first-order valence-corrected chi connectivity index (χ1v) is 12.4. The molecule has 5 nitrogen and oxygen atoms in total. The Hall–Kier alpha value is -1.46. The molecule has 0 amide bonds. The van der Waals surface area contributed by atoms with Gasteiger partial charge in [0.1, 0.15) is 6.29 Å². The van der Waals surface area contributed by atoms with E-state index in [4.69, 9.17) is 14.2 Å². The second-order valence-corrected chi connectivity index (χ2v) is 11.7. The van der Waals surface area contributed by atoms with E-state index in [2.05, 4.69) is 19.9 Å². The Kier molecular flexibility index (Phi) is 4.90. The number of carbonyl (C=O) groups is 2. The molecule has 1 unspecified atom stereocenters. The lowest BCUT2D eigenvalue weighted by Crippen LogP contribution is -2.59. The summed E-state index contributed by atoms with van der Waals surface area (Å²) in [4.78, 5) is 25.5. The Bertz CT molecular complexity index is 915. The van der Waals surface area contributed by atoms with E-state index >= 15 is 0 Å². The number of aldehydes is 1. The van der Waals surface area contributed by atoms with Gasteiger partial charge >= 0.3 is 0 Å². The van der Waals surface area contributed by atoms with E-state index in [1.54, 1.807) is 6.92 Å². The summed E-state index contributed by atoms with van der Waals surface area (Å²) in [5, 5.41) is 0. The van der Waals surface area contributed by atoms with Gasteiger partial charge in [-0.1, -0.05) is 13.8 Å². The van der Waals surface area contributed by atoms with E-state index in [1.807, 2.05) is 20.8 Å². The van der Waals surface area contributed by atoms with Gasteiger partial charge in [0.05, 0.1) is 18.5 Å². The number of allylic oxidation sites excluding steroid dienone is 4. The Balaban J connectivity index is 1.57. The van der Waals surface area contributed by atoms with E-state index in [0.717, 1.165) is 56.1 Å². The van der Waals surface area contributed by atoms with Crippen molar-refractivity contribution in [3.05, 3.63) is 23.0 Å². The van der Waals surface area contributed by atoms with Gasteiger partial charge in [-0.25, -0.2) is 0 Å². The number of carbonyl (C=O) groups excluding carboxylic acids is 2. The molecule has 32 heavy (non-hydrogen) atoms. The van der Waals surface area contributed by atoms with Crippen LogP contribution in [-0.4, -0.2) is 36.2 Å². The molecule has 1 saturated heterocycles. The highest BCUT2D eigenvalue weighted by Gasteiger charge is 2.75. The summed E-state index contributed by atoms with van der Waals surface area (Å²) in [5.74, 6) is 1.51. The third-order valence-corrected chi connectivity index (χ3v) is 9.86. The Morgan fingerprint density at radius 1 is 1.22 bits per heavy atom. The fourth-order valence-corrected chi connectivity index (χ4v) is 8.65. The fourth-order valence-electron chi connectivity index (χ4n) is 8.65. The normalized spacial score (nSPS) is 46.5. The SMILES string of the molecule is CCOC1=CC2=C(C=O)C[C@@H]3[C@H](CC[C@@]4(C)[C@H]3C[C@H]3OC(C)(C)OC34C(C)=O)[C@@]2(C)CC1. The van der Waals surface area contributed by atoms with E-state index < -0.39 is 11.4 Å². The van der Waals surface area contributed by atoms with Crippen molar-refractivity contribution in [2.45, 2.75) is 97.6 Å². The zero-order chi connectivity index (χ0) is 23.1. The molecular formula is C27H38O5. The van der Waals surface area contributed by atoms with Crippen LogP contribution >= 0.6 is 0 Å². The van der Waals surface area contributed by atoms with Gasteiger partial charge in [0.2, 0.25) is 0 Å². The van der Waals surface area contributed by atoms with Gasteiger partial charge in [0.25, 0.3) is 0 Å². The molecule has 5 aliphatic rings. The van der Waals surface area contributed by atoms with Gasteiger partial charge < -0.3 is 14.2 Å². The molecule has 0 N–H and O–H groups in total. The number of ether oxygens (including phenoxy) is 3. The van der Waals surface area contributed by atoms with Crippen molar-refractivity contribution in [1.82, 2.24) is 0 Å². The highest BCUT2D eigenvalue weighted by molar-refractivity contribution is 5.88. The second kappa shape index (κ2) is 7.02. The van der Waals surface area contributed by atoms with Crippen LogP contribution in [0, 0.1) is 28.6 Å². The lowest BCUT2D eigenvalue weighted by molar-refractivity contribution is -0.213. The van der Waals surface area contributed by atoms with Crippen LogP contribution in [0.1, 0.15) is 80.1 Å². The Morgan fingerprint density at radius 3 is 2.62 bits per heavy atom. The molecule has 0 spiro atoms. The molecule has 0 aromatic carbocycles. The Morgan fingerprint density at radius 2 is 1.97 bits per heavy atom. The molecule has 0 radical (unpaired) electrons. The first-order valence-electron chi connectivity index (χ1n) is 12.4. The third-order valence-electron chi connectivity index (χ3n) is 9.86. The summed E-state index contributed by atoms with van der Waals surface area (Å²) in [6.45, 7) is 12.8. The number of hydrogen-bond acceptors (Lipinski definition) is 5. The standard InChI is InChI=1S/C27H38O5/c1-7-30-18-8-10-25(5)20-9-11-26(6)22(19(20)12-17(15-28)21(25)13-18)14-23-27(26,16(2)29)32-24(3,4)31-23/h13,15,19-20,22-23H,7-12,14H2,1-6H3/t19-,20+,22+,23-,25-,26+,27?/m1/s1. The minimum absolute atomic E-state index is 0.0246. The van der Waals surface area contributed by atoms with Crippen molar-refractivity contribution in [3.63, 3.8) is 0 Å². The fraction of sp³-hybridized carbons (Fsp3) is 0.778. The molecule has 5 rings (SSSR count). The van der Waals surface area contributed by atoms with Crippen LogP contribution in [0.2, 0.25) is 0 Å². The van der Waals surface area contributed by atoms with Crippen LogP contribution in [0.4, 0.5) is 0 Å². The van der Waals surface area contributed by atoms with Gasteiger partial charge in [-0.2, -0.15) is 0 Å². The first-order chi connectivity index (χ1) is 15.0. The molecule has 3 fully saturated rings. The molecule has 0 bridgehead atoms. The Labute approximate surface area is 191 Å². The first kappa shape index (κ1) is 22.3. The summed E-state index contributed by atoms with van der Waals surface area (Å²) in [6, 6.07) is 0. The van der Waals surface area contributed by atoms with Crippen molar-refractivity contribution in [3.8, 4) is 0 Å². The monoisotopic (exact) mass is 442 g/mol. The van der Waals surface area contributed by atoms with Crippen LogP contribution in [0.25, 0.3) is 0 Å². The average molecular weight is 443 g/mol. The maximum absolute atomic E-state index is 13.2. The van der Waals surface area contributed by atoms with Crippen LogP contribution in [0.15, 0.2) is 23.0 Å². The van der Waals surface area contributed by atoms with E-state index in [-0.39, 0.29) is 22.7 Å². The van der Waals surface area contributed by atoms with Crippen molar-refractivity contribution >= 4 is 12.1 Å². The van der Waals surface area contributed by atoms with Crippen LogP contribution < -0.4 is 0 Å². The minimum atomic E-state index is -0.882. The number of hydrogen-bond donors (Lipinski definition) is 0. The lowest BCUT2D eigenvalue weighted by Gasteiger charge is -2.58. The molecule has 0 aromatic heterocycles. The smallest absolute Gasteiger partial charge is 0.164 e. The number of fused-ring (bicyclic) bond motifs is 7. The van der Waals surface area contributed by atoms with Crippen molar-refractivity contribution in [1.29, 1.82) is 0 Å². The number of rotatable bonds is 4. The topological polar surface area (TPSA) is 61.8 Å². The molecule has 2 saturated carbocycles. The molecule has 0 aromatic rings. The van der Waals surface area contributed by atoms with Gasteiger partial charge in [0, 0.05) is 11.8 Å². The summed E-state index contributed by atoms with van der Waals surface area (Å²) < 4.78 is 18.7. The third kappa shape index (κ3) is 2.70. The summed E-state index contributed by atoms with van der Waals surface area (Å²) in [7, 11) is 0. The predicted molar refractivity (Wildman–Crippen MR) is 121 cm³/mol. The van der Waals surface area contributed by atoms with Gasteiger partial charge in [-0.15, -0.1) is 0 Å². The molecule has 5 heteroatoms. The van der Waals surface area contributed by atoms with Crippen molar-refractivity contribution < 1.29 is 23.8 Å². The number of Topliss-reactive ketones (excluding diaryl/α,β-unsaturated/α-hetero) is 1. The number of ketones is 1. The van der Waals surface area contributed by atoms with Gasteiger partial charge in [-0.3, -0.25) is 9.59 Å². The summed E-state index contributed by atoms with van der Waals surface area (Å²) in [5.41, 5.74) is 0.934. The molecule has 4 aliphatic carbocycles. The van der Waals surface area contributed by atoms with Crippen molar-refractivity contribution in [2.24, 2.45) is 28.6 Å². The van der Waals surface area contributed by atoms with Crippen LogP contribution in [0.3, 0.4) is 0 Å². The summed E-state index contributed by atoms with van der Waals surface area (Å²) in [6.07, 6.45) is 8.57.